The van der Waals surface area contributed by atoms with Crippen LogP contribution >= 0.6 is 0 Å². The van der Waals surface area contributed by atoms with E-state index in [0.29, 0.717) is 12.1 Å². The highest BCUT2D eigenvalue weighted by Gasteiger charge is 2.30. The number of halogens is 3. The third kappa shape index (κ3) is 4.21. The standard InChI is InChI=1S/C15H20F3NO/c16-15(17,18)13-7-5-12(6-8-13)14(20)11-19-9-3-1-2-4-10-19/h5-8,14,20H,1-4,9-11H2. The molecule has 0 aromatic heterocycles. The van der Waals surface area contributed by atoms with Gasteiger partial charge in [0.2, 0.25) is 0 Å². The predicted octanol–water partition coefficient (Wildman–Crippen LogP) is 3.61. The Morgan fingerprint density at radius 2 is 1.55 bits per heavy atom. The molecule has 1 N–H and O–H groups in total. The van der Waals surface area contributed by atoms with Gasteiger partial charge in [-0.2, -0.15) is 13.2 Å². The summed E-state index contributed by atoms with van der Waals surface area (Å²) in [4.78, 5) is 2.19. The lowest BCUT2D eigenvalue weighted by molar-refractivity contribution is -0.137. The van der Waals surface area contributed by atoms with Gasteiger partial charge in [-0.15, -0.1) is 0 Å². The zero-order chi connectivity index (χ0) is 14.6. The Balaban J connectivity index is 1.96. The first kappa shape index (κ1) is 15.3. The van der Waals surface area contributed by atoms with E-state index in [-0.39, 0.29) is 0 Å². The van der Waals surface area contributed by atoms with Crippen LogP contribution in [0.4, 0.5) is 13.2 Å². The summed E-state index contributed by atoms with van der Waals surface area (Å²) < 4.78 is 37.4. The van der Waals surface area contributed by atoms with E-state index in [1.807, 2.05) is 0 Å². The predicted molar refractivity (Wildman–Crippen MR) is 71.3 cm³/mol. The Morgan fingerprint density at radius 3 is 2.05 bits per heavy atom. The molecule has 2 nitrogen and oxygen atoms in total. The SMILES string of the molecule is OC(CN1CCCCCC1)c1ccc(C(F)(F)F)cc1. The number of alkyl halides is 3. The molecule has 2 rings (SSSR count). The van der Waals surface area contributed by atoms with Crippen LogP contribution in [0.2, 0.25) is 0 Å². The minimum Gasteiger partial charge on any atom is -0.387 e. The Morgan fingerprint density at radius 1 is 1.00 bits per heavy atom. The average Bonchev–Trinajstić information content (AvgIpc) is 2.66. The molecule has 1 aliphatic heterocycles. The van der Waals surface area contributed by atoms with Crippen LogP contribution in [-0.4, -0.2) is 29.6 Å². The average molecular weight is 287 g/mol. The number of nitrogens with zero attached hydrogens (tertiary/aromatic N) is 1. The fraction of sp³-hybridized carbons (Fsp3) is 0.600. The van der Waals surface area contributed by atoms with Gasteiger partial charge in [0.25, 0.3) is 0 Å². The van der Waals surface area contributed by atoms with Gasteiger partial charge in [0, 0.05) is 6.54 Å². The topological polar surface area (TPSA) is 23.5 Å². The zero-order valence-electron chi connectivity index (χ0n) is 11.4. The lowest BCUT2D eigenvalue weighted by atomic mass is 10.1. The van der Waals surface area contributed by atoms with Crippen LogP contribution in [0.1, 0.15) is 42.9 Å². The van der Waals surface area contributed by atoms with E-state index in [0.717, 1.165) is 38.1 Å². The molecule has 112 valence electrons. The van der Waals surface area contributed by atoms with Gasteiger partial charge in [0.05, 0.1) is 11.7 Å². The molecule has 1 unspecified atom stereocenters. The monoisotopic (exact) mass is 287 g/mol. The highest BCUT2D eigenvalue weighted by molar-refractivity contribution is 5.26. The maximum Gasteiger partial charge on any atom is 0.416 e. The third-order valence-corrected chi connectivity index (χ3v) is 3.75. The Labute approximate surface area is 117 Å². The van der Waals surface area contributed by atoms with Crippen LogP contribution in [0.3, 0.4) is 0 Å². The van der Waals surface area contributed by atoms with Gasteiger partial charge in [0.1, 0.15) is 0 Å². The number of aliphatic hydroxyl groups is 1. The van der Waals surface area contributed by atoms with Crippen LogP contribution in [0, 0.1) is 0 Å². The van der Waals surface area contributed by atoms with Crippen LogP contribution in [-0.2, 0) is 6.18 Å². The maximum atomic E-state index is 12.5. The van der Waals surface area contributed by atoms with E-state index >= 15 is 0 Å². The lowest BCUT2D eigenvalue weighted by Crippen LogP contribution is -2.29. The van der Waals surface area contributed by atoms with Crippen LogP contribution in [0.15, 0.2) is 24.3 Å². The second-order valence-electron chi connectivity index (χ2n) is 5.35. The molecular weight excluding hydrogens is 267 g/mol. The second kappa shape index (κ2) is 6.59. The van der Waals surface area contributed by atoms with Crippen molar-refractivity contribution in [1.82, 2.24) is 4.90 Å². The van der Waals surface area contributed by atoms with E-state index < -0.39 is 17.8 Å². The van der Waals surface area contributed by atoms with Crippen molar-refractivity contribution >= 4 is 0 Å². The van der Waals surface area contributed by atoms with E-state index in [1.165, 1.54) is 25.0 Å². The highest BCUT2D eigenvalue weighted by Crippen LogP contribution is 2.30. The lowest BCUT2D eigenvalue weighted by Gasteiger charge is -2.23. The number of hydrogen-bond donors (Lipinski definition) is 1. The Bertz CT molecular complexity index is 408. The summed E-state index contributed by atoms with van der Waals surface area (Å²) in [5, 5.41) is 10.1. The van der Waals surface area contributed by atoms with Crippen molar-refractivity contribution in [2.24, 2.45) is 0 Å². The molecule has 20 heavy (non-hydrogen) atoms. The summed E-state index contributed by atoms with van der Waals surface area (Å²) in [7, 11) is 0. The molecule has 1 fully saturated rings. The van der Waals surface area contributed by atoms with Crippen molar-refractivity contribution in [2.75, 3.05) is 19.6 Å². The third-order valence-electron chi connectivity index (χ3n) is 3.75. The highest BCUT2D eigenvalue weighted by atomic mass is 19.4. The summed E-state index contributed by atoms with van der Waals surface area (Å²) in [5.74, 6) is 0. The summed E-state index contributed by atoms with van der Waals surface area (Å²) in [5.41, 5.74) is -0.134. The van der Waals surface area contributed by atoms with E-state index in [9.17, 15) is 18.3 Å². The first-order chi connectivity index (χ1) is 9.47. The maximum absolute atomic E-state index is 12.5. The normalized spacial score (nSPS) is 19.6. The molecule has 5 heteroatoms. The fourth-order valence-corrected chi connectivity index (χ4v) is 2.56. The molecule has 0 saturated carbocycles. The van der Waals surface area contributed by atoms with Gasteiger partial charge in [0.15, 0.2) is 0 Å². The van der Waals surface area contributed by atoms with Gasteiger partial charge >= 0.3 is 6.18 Å². The molecule has 1 aromatic rings. The molecule has 1 heterocycles. The number of rotatable bonds is 3. The van der Waals surface area contributed by atoms with Crippen molar-refractivity contribution in [3.8, 4) is 0 Å². The quantitative estimate of drug-likeness (QED) is 0.918. The number of β-amino-alcohol motifs (C(OH)–C–C–N with tert-alkyl or cyclic N) is 1. The molecule has 0 radical (unpaired) electrons. The van der Waals surface area contributed by atoms with Gasteiger partial charge in [-0.3, -0.25) is 0 Å². The molecule has 0 amide bonds. The minimum absolute atomic E-state index is 0.491. The van der Waals surface area contributed by atoms with Crippen LogP contribution in [0.25, 0.3) is 0 Å². The summed E-state index contributed by atoms with van der Waals surface area (Å²) in [6.45, 7) is 2.40. The first-order valence-corrected chi connectivity index (χ1v) is 7.04. The van der Waals surface area contributed by atoms with E-state index in [4.69, 9.17) is 0 Å². The van der Waals surface area contributed by atoms with Crippen LogP contribution in [0.5, 0.6) is 0 Å². The molecule has 0 spiro atoms. The molecule has 0 bridgehead atoms. The summed E-state index contributed by atoms with van der Waals surface area (Å²) in [6, 6.07) is 4.79. The zero-order valence-corrected chi connectivity index (χ0v) is 11.4. The number of aliphatic hydroxyl groups excluding tert-OH is 1. The van der Waals surface area contributed by atoms with Crippen molar-refractivity contribution < 1.29 is 18.3 Å². The molecule has 0 aliphatic carbocycles. The number of benzene rings is 1. The number of likely N-dealkylation sites (tertiary alicyclic amines) is 1. The molecule has 1 aromatic carbocycles. The minimum atomic E-state index is -4.33. The van der Waals surface area contributed by atoms with Crippen LogP contribution < -0.4 is 0 Å². The largest absolute Gasteiger partial charge is 0.416 e. The smallest absolute Gasteiger partial charge is 0.387 e. The van der Waals surface area contributed by atoms with E-state index in [1.54, 1.807) is 0 Å². The van der Waals surface area contributed by atoms with E-state index in [2.05, 4.69) is 4.90 Å². The summed E-state index contributed by atoms with van der Waals surface area (Å²) in [6.07, 6.45) is -0.372. The Kier molecular flexibility index (Phi) is 5.05. The number of hydrogen-bond acceptors (Lipinski definition) is 2. The molecule has 1 aliphatic rings. The van der Waals surface area contributed by atoms with Crippen molar-refractivity contribution in [2.45, 2.75) is 38.0 Å². The van der Waals surface area contributed by atoms with Crippen molar-refractivity contribution in [1.29, 1.82) is 0 Å². The van der Waals surface area contributed by atoms with Crippen molar-refractivity contribution in [3.05, 3.63) is 35.4 Å². The molecular formula is C15H20F3NO. The fourth-order valence-electron chi connectivity index (χ4n) is 2.56. The molecule has 1 saturated heterocycles. The van der Waals surface area contributed by atoms with Gasteiger partial charge in [-0.25, -0.2) is 0 Å². The van der Waals surface area contributed by atoms with Gasteiger partial charge < -0.3 is 10.0 Å². The van der Waals surface area contributed by atoms with Gasteiger partial charge in [-0.1, -0.05) is 25.0 Å². The Hall–Kier alpha value is -1.07. The molecule has 1 atom stereocenters. The van der Waals surface area contributed by atoms with Crippen molar-refractivity contribution in [3.63, 3.8) is 0 Å². The first-order valence-electron chi connectivity index (χ1n) is 7.04. The second-order valence-corrected chi connectivity index (χ2v) is 5.35. The summed E-state index contributed by atoms with van der Waals surface area (Å²) >= 11 is 0. The van der Waals surface area contributed by atoms with Gasteiger partial charge in [-0.05, 0) is 43.6 Å².